The molecule has 1 heterocycles. The molecule has 0 aliphatic heterocycles. The largest absolute Gasteiger partial charge is 0.497 e. The van der Waals surface area contributed by atoms with Crippen LogP contribution in [0, 0.1) is 0 Å². The van der Waals surface area contributed by atoms with Crippen molar-refractivity contribution in [1.82, 2.24) is 5.32 Å². The summed E-state index contributed by atoms with van der Waals surface area (Å²) >= 11 is 1.63. The summed E-state index contributed by atoms with van der Waals surface area (Å²) in [7, 11) is 1.61. The molecular formula is C22H22F2N2O3S. The first-order valence-corrected chi connectivity index (χ1v) is 10.1. The van der Waals surface area contributed by atoms with Crippen LogP contribution in [0.5, 0.6) is 11.5 Å². The first-order chi connectivity index (χ1) is 14.5. The SMILES string of the molecule is COc1ccc(N(CC(=O)NCc2ccc(OC(F)F)cc2)Cc2cccs2)cc1. The van der Waals surface area contributed by atoms with Crippen LogP contribution in [0.3, 0.4) is 0 Å². The maximum Gasteiger partial charge on any atom is 0.387 e. The zero-order valence-corrected chi connectivity index (χ0v) is 17.2. The molecule has 0 bridgehead atoms. The summed E-state index contributed by atoms with van der Waals surface area (Å²) in [6, 6.07) is 17.8. The molecule has 3 rings (SSSR count). The number of anilines is 1. The predicted octanol–water partition coefficient (Wildman–Crippen LogP) is 4.68. The minimum atomic E-state index is -2.86. The van der Waals surface area contributed by atoms with E-state index in [1.807, 2.05) is 46.7 Å². The van der Waals surface area contributed by atoms with Crippen molar-refractivity contribution in [3.05, 3.63) is 76.5 Å². The minimum absolute atomic E-state index is 0.0849. The predicted molar refractivity (Wildman–Crippen MR) is 113 cm³/mol. The van der Waals surface area contributed by atoms with Crippen LogP contribution in [0.15, 0.2) is 66.0 Å². The lowest BCUT2D eigenvalue weighted by molar-refractivity contribution is -0.119. The van der Waals surface area contributed by atoms with Crippen molar-refractivity contribution in [2.75, 3.05) is 18.6 Å². The lowest BCUT2D eigenvalue weighted by Crippen LogP contribution is -2.36. The standard InChI is InChI=1S/C22H22F2N2O3S/c1-28-18-10-6-17(7-11-18)26(14-20-3-2-12-30-20)15-21(27)25-13-16-4-8-19(9-5-16)29-22(23)24/h2-12,22H,13-15H2,1H3,(H,25,27). The third-order valence-corrected chi connectivity index (χ3v) is 5.20. The first kappa shape index (κ1) is 21.6. The van der Waals surface area contributed by atoms with Crippen molar-refractivity contribution >= 4 is 22.9 Å². The Kier molecular flexibility index (Phi) is 7.62. The molecule has 0 spiro atoms. The van der Waals surface area contributed by atoms with Gasteiger partial charge in [-0.05, 0) is 53.4 Å². The molecule has 1 amide bonds. The van der Waals surface area contributed by atoms with Crippen LogP contribution in [0.2, 0.25) is 0 Å². The Labute approximate surface area is 177 Å². The molecule has 8 heteroatoms. The lowest BCUT2D eigenvalue weighted by Gasteiger charge is -2.24. The van der Waals surface area contributed by atoms with E-state index in [2.05, 4.69) is 10.1 Å². The Morgan fingerprint density at radius 1 is 1.07 bits per heavy atom. The van der Waals surface area contributed by atoms with Gasteiger partial charge in [-0.3, -0.25) is 4.79 Å². The van der Waals surface area contributed by atoms with Gasteiger partial charge in [0.05, 0.1) is 20.2 Å². The smallest absolute Gasteiger partial charge is 0.387 e. The Bertz CT molecular complexity index is 917. The molecule has 0 saturated heterocycles. The van der Waals surface area contributed by atoms with Gasteiger partial charge < -0.3 is 19.7 Å². The third kappa shape index (κ3) is 6.45. The van der Waals surface area contributed by atoms with Crippen LogP contribution < -0.4 is 19.7 Å². The number of amides is 1. The molecule has 0 unspecified atom stereocenters. The van der Waals surface area contributed by atoms with Crippen LogP contribution in [-0.4, -0.2) is 26.2 Å². The number of benzene rings is 2. The van der Waals surface area contributed by atoms with Gasteiger partial charge in [0, 0.05) is 17.1 Å². The fourth-order valence-electron chi connectivity index (χ4n) is 2.84. The molecule has 1 N–H and O–H groups in total. The quantitative estimate of drug-likeness (QED) is 0.505. The summed E-state index contributed by atoms with van der Waals surface area (Å²) in [6.45, 7) is -1.78. The summed E-state index contributed by atoms with van der Waals surface area (Å²) in [5.41, 5.74) is 1.70. The number of alkyl halides is 2. The fraction of sp³-hybridized carbons (Fsp3) is 0.227. The van der Waals surface area contributed by atoms with Gasteiger partial charge in [0.15, 0.2) is 0 Å². The molecule has 1 aromatic heterocycles. The second kappa shape index (κ2) is 10.6. The number of hydrogen-bond donors (Lipinski definition) is 1. The molecule has 158 valence electrons. The van der Waals surface area contributed by atoms with Crippen molar-refractivity contribution in [3.63, 3.8) is 0 Å². The molecule has 0 atom stereocenters. The molecule has 5 nitrogen and oxygen atoms in total. The van der Waals surface area contributed by atoms with E-state index in [9.17, 15) is 13.6 Å². The van der Waals surface area contributed by atoms with Crippen LogP contribution in [0.4, 0.5) is 14.5 Å². The van der Waals surface area contributed by atoms with Crippen LogP contribution >= 0.6 is 11.3 Å². The maximum absolute atomic E-state index is 12.6. The molecule has 2 aromatic carbocycles. The van der Waals surface area contributed by atoms with Gasteiger partial charge in [-0.15, -0.1) is 11.3 Å². The van der Waals surface area contributed by atoms with Crippen LogP contribution in [0.1, 0.15) is 10.4 Å². The van der Waals surface area contributed by atoms with Gasteiger partial charge in [0.2, 0.25) is 5.91 Å². The Morgan fingerprint density at radius 2 is 1.77 bits per heavy atom. The highest BCUT2D eigenvalue weighted by molar-refractivity contribution is 7.09. The number of methoxy groups -OCH3 is 1. The zero-order chi connectivity index (χ0) is 21.3. The Morgan fingerprint density at radius 3 is 2.37 bits per heavy atom. The van der Waals surface area contributed by atoms with Gasteiger partial charge in [-0.25, -0.2) is 0 Å². The van der Waals surface area contributed by atoms with E-state index in [4.69, 9.17) is 4.74 Å². The van der Waals surface area contributed by atoms with Crippen molar-refractivity contribution < 1.29 is 23.0 Å². The van der Waals surface area contributed by atoms with E-state index < -0.39 is 6.61 Å². The number of rotatable bonds is 10. The van der Waals surface area contributed by atoms with Gasteiger partial charge in [0.1, 0.15) is 11.5 Å². The Hall–Kier alpha value is -3.13. The average molecular weight is 432 g/mol. The normalized spacial score (nSPS) is 10.7. The number of thiophene rings is 1. The molecule has 30 heavy (non-hydrogen) atoms. The van der Waals surface area contributed by atoms with Crippen molar-refractivity contribution in [3.8, 4) is 11.5 Å². The van der Waals surface area contributed by atoms with E-state index in [1.54, 1.807) is 30.6 Å². The number of hydrogen-bond acceptors (Lipinski definition) is 5. The van der Waals surface area contributed by atoms with Crippen molar-refractivity contribution in [1.29, 1.82) is 0 Å². The molecule has 0 aliphatic rings. The molecule has 0 fully saturated rings. The molecule has 0 radical (unpaired) electrons. The van der Waals surface area contributed by atoms with Gasteiger partial charge in [0.25, 0.3) is 0 Å². The lowest BCUT2D eigenvalue weighted by atomic mass is 10.2. The Balaban J connectivity index is 1.60. The van der Waals surface area contributed by atoms with E-state index in [0.717, 1.165) is 21.9 Å². The highest BCUT2D eigenvalue weighted by atomic mass is 32.1. The van der Waals surface area contributed by atoms with Crippen molar-refractivity contribution in [2.24, 2.45) is 0 Å². The summed E-state index contributed by atoms with van der Waals surface area (Å²) in [6.07, 6.45) is 0. The second-order valence-electron chi connectivity index (χ2n) is 6.43. The molecule has 0 aliphatic carbocycles. The summed E-state index contributed by atoms with van der Waals surface area (Å²) in [5.74, 6) is 0.690. The van der Waals surface area contributed by atoms with Crippen LogP contribution in [-0.2, 0) is 17.9 Å². The molecule has 3 aromatic rings. The highest BCUT2D eigenvalue weighted by Gasteiger charge is 2.13. The monoisotopic (exact) mass is 432 g/mol. The average Bonchev–Trinajstić information content (AvgIpc) is 3.26. The third-order valence-electron chi connectivity index (χ3n) is 4.34. The highest BCUT2D eigenvalue weighted by Crippen LogP contribution is 2.22. The number of halogens is 2. The second-order valence-corrected chi connectivity index (χ2v) is 7.46. The zero-order valence-electron chi connectivity index (χ0n) is 16.4. The molecule has 0 saturated carbocycles. The van der Waals surface area contributed by atoms with E-state index in [0.29, 0.717) is 13.1 Å². The topological polar surface area (TPSA) is 50.8 Å². The number of nitrogens with one attached hydrogen (secondary N) is 1. The van der Waals surface area contributed by atoms with E-state index >= 15 is 0 Å². The van der Waals surface area contributed by atoms with Crippen LogP contribution in [0.25, 0.3) is 0 Å². The van der Waals surface area contributed by atoms with E-state index in [-0.39, 0.29) is 18.2 Å². The first-order valence-electron chi connectivity index (χ1n) is 9.25. The molecular weight excluding hydrogens is 410 g/mol. The van der Waals surface area contributed by atoms with Crippen molar-refractivity contribution in [2.45, 2.75) is 19.7 Å². The summed E-state index contributed by atoms with van der Waals surface area (Å²) in [4.78, 5) is 15.7. The maximum atomic E-state index is 12.6. The summed E-state index contributed by atoms with van der Waals surface area (Å²) in [5, 5.41) is 4.87. The minimum Gasteiger partial charge on any atom is -0.497 e. The van der Waals surface area contributed by atoms with Gasteiger partial charge >= 0.3 is 6.61 Å². The number of nitrogens with zero attached hydrogens (tertiary/aromatic N) is 1. The number of ether oxygens (including phenoxy) is 2. The fourth-order valence-corrected chi connectivity index (χ4v) is 3.56. The van der Waals surface area contributed by atoms with Gasteiger partial charge in [-0.2, -0.15) is 8.78 Å². The van der Waals surface area contributed by atoms with Gasteiger partial charge in [-0.1, -0.05) is 18.2 Å². The summed E-state index contributed by atoms with van der Waals surface area (Å²) < 4.78 is 34.0. The van der Waals surface area contributed by atoms with E-state index in [1.165, 1.54) is 12.1 Å². The number of carbonyl (C=O) groups excluding carboxylic acids is 1. The number of carbonyl (C=O) groups is 1.